The third-order valence-corrected chi connectivity index (χ3v) is 3.74. The van der Waals surface area contributed by atoms with Gasteiger partial charge >= 0.3 is 5.97 Å². The molecule has 0 spiro atoms. The quantitative estimate of drug-likeness (QED) is 0.503. The molecular weight excluding hydrogens is 395 g/mol. The zero-order chi connectivity index (χ0) is 15.9. The molecule has 0 amide bonds. The number of hydrogen-bond acceptors (Lipinski definition) is 4. The molecule has 0 saturated carbocycles. The topological polar surface area (TPSA) is 44.8 Å². The number of methoxy groups -OCH3 is 1. The highest BCUT2D eigenvalue weighted by Gasteiger charge is 2.24. The van der Waals surface area contributed by atoms with Gasteiger partial charge in [-0.25, -0.2) is 4.79 Å². The molecule has 118 valence electrons. The molecule has 1 aromatic carbocycles. The lowest BCUT2D eigenvalue weighted by Gasteiger charge is -2.14. The second-order valence-corrected chi connectivity index (χ2v) is 5.74. The van der Waals surface area contributed by atoms with Crippen LogP contribution >= 0.6 is 22.6 Å². The van der Waals surface area contributed by atoms with Crippen molar-refractivity contribution in [3.63, 3.8) is 0 Å². The van der Waals surface area contributed by atoms with Gasteiger partial charge in [-0.2, -0.15) is 0 Å². The molecule has 0 fully saturated rings. The summed E-state index contributed by atoms with van der Waals surface area (Å²) >= 11 is 2.15. The molecule has 22 heavy (non-hydrogen) atoms. The minimum Gasteiger partial charge on any atom is -0.497 e. The van der Waals surface area contributed by atoms with E-state index in [-0.39, 0.29) is 18.2 Å². The number of benzene rings is 1. The average Bonchev–Trinajstić information content (AvgIpc) is 2.83. The number of esters is 1. The number of carbonyl (C=O) groups is 1. The van der Waals surface area contributed by atoms with Crippen LogP contribution in [0.4, 0.5) is 0 Å². The SMILES string of the molecule is COc1ccc(CO[C@H](/C=C/I)CC2=C[C@H](C)OC2=O)cc1. The summed E-state index contributed by atoms with van der Waals surface area (Å²) in [5, 5.41) is 0. The van der Waals surface area contributed by atoms with Crippen LogP contribution in [0.2, 0.25) is 0 Å². The molecular formula is C17H19IO4. The number of halogens is 1. The Hall–Kier alpha value is -1.34. The van der Waals surface area contributed by atoms with Crippen molar-refractivity contribution in [1.82, 2.24) is 0 Å². The lowest BCUT2D eigenvalue weighted by Crippen LogP contribution is -2.13. The first-order chi connectivity index (χ1) is 10.6. The monoisotopic (exact) mass is 414 g/mol. The molecule has 0 saturated heterocycles. The van der Waals surface area contributed by atoms with Gasteiger partial charge in [0.05, 0.1) is 19.8 Å². The fraction of sp³-hybridized carbons (Fsp3) is 0.353. The second kappa shape index (κ2) is 8.33. The summed E-state index contributed by atoms with van der Waals surface area (Å²) < 4.78 is 18.1. The summed E-state index contributed by atoms with van der Waals surface area (Å²) in [4.78, 5) is 11.7. The van der Waals surface area contributed by atoms with Gasteiger partial charge in [-0.3, -0.25) is 0 Å². The van der Waals surface area contributed by atoms with Gasteiger partial charge in [-0.05, 0) is 40.9 Å². The van der Waals surface area contributed by atoms with Gasteiger partial charge in [-0.15, -0.1) is 0 Å². The van der Waals surface area contributed by atoms with E-state index in [1.165, 1.54) is 0 Å². The minimum atomic E-state index is -0.243. The highest BCUT2D eigenvalue weighted by atomic mass is 127. The molecule has 2 atom stereocenters. The normalized spacial score (nSPS) is 19.1. The molecule has 2 rings (SSSR count). The third-order valence-electron chi connectivity index (χ3n) is 3.32. The predicted molar refractivity (Wildman–Crippen MR) is 93.0 cm³/mol. The van der Waals surface area contributed by atoms with E-state index in [1.807, 2.05) is 47.4 Å². The summed E-state index contributed by atoms with van der Waals surface area (Å²) in [6.45, 7) is 2.33. The highest BCUT2D eigenvalue weighted by molar-refractivity contribution is 14.1. The molecule has 4 nitrogen and oxygen atoms in total. The molecule has 0 unspecified atom stereocenters. The lowest BCUT2D eigenvalue weighted by molar-refractivity contribution is -0.139. The van der Waals surface area contributed by atoms with Crippen molar-refractivity contribution in [1.29, 1.82) is 0 Å². The zero-order valence-electron chi connectivity index (χ0n) is 12.6. The van der Waals surface area contributed by atoms with Gasteiger partial charge < -0.3 is 14.2 Å². The Labute approximate surface area is 144 Å². The number of ether oxygens (including phenoxy) is 3. The Morgan fingerprint density at radius 2 is 2.09 bits per heavy atom. The van der Waals surface area contributed by atoms with E-state index < -0.39 is 0 Å². The van der Waals surface area contributed by atoms with E-state index >= 15 is 0 Å². The van der Waals surface area contributed by atoms with Crippen LogP contribution in [-0.2, 0) is 20.9 Å². The van der Waals surface area contributed by atoms with Crippen LogP contribution in [0.1, 0.15) is 18.9 Å². The van der Waals surface area contributed by atoms with E-state index in [1.54, 1.807) is 7.11 Å². The van der Waals surface area contributed by atoms with Crippen molar-refractivity contribution in [2.24, 2.45) is 0 Å². The van der Waals surface area contributed by atoms with Crippen LogP contribution in [-0.4, -0.2) is 25.3 Å². The minimum absolute atomic E-state index is 0.145. The molecule has 0 bridgehead atoms. The molecule has 0 aromatic heterocycles. The van der Waals surface area contributed by atoms with E-state index in [0.29, 0.717) is 18.6 Å². The Morgan fingerprint density at radius 1 is 1.36 bits per heavy atom. The summed E-state index contributed by atoms with van der Waals surface area (Å²) in [5.41, 5.74) is 1.74. The summed E-state index contributed by atoms with van der Waals surface area (Å²) in [6, 6.07) is 7.74. The predicted octanol–water partition coefficient (Wildman–Crippen LogP) is 3.79. The maximum atomic E-state index is 11.7. The van der Waals surface area contributed by atoms with E-state index in [0.717, 1.165) is 11.3 Å². The standard InChI is InChI=1S/C17H19IO4/c1-12-9-14(17(19)22-12)10-16(7-8-18)21-11-13-3-5-15(20-2)6-4-13/h3-9,12,16H,10-11H2,1-2H3/b8-7+/t12-,16+/m0/s1. The Balaban J connectivity index is 1.94. The summed E-state index contributed by atoms with van der Waals surface area (Å²) in [5.74, 6) is 0.577. The summed E-state index contributed by atoms with van der Waals surface area (Å²) in [6.07, 6.45) is 4.03. The molecule has 1 aliphatic rings. The van der Waals surface area contributed by atoms with E-state index in [2.05, 4.69) is 22.6 Å². The molecule has 0 radical (unpaired) electrons. The van der Waals surface area contributed by atoms with Crippen LogP contribution in [0.3, 0.4) is 0 Å². The van der Waals surface area contributed by atoms with Gasteiger partial charge in [0.1, 0.15) is 11.9 Å². The second-order valence-electron chi connectivity index (χ2n) is 5.02. The lowest BCUT2D eigenvalue weighted by atomic mass is 10.1. The van der Waals surface area contributed by atoms with Crippen molar-refractivity contribution >= 4 is 28.6 Å². The van der Waals surface area contributed by atoms with Gasteiger partial charge in [0.15, 0.2) is 0 Å². The first-order valence-electron chi connectivity index (χ1n) is 7.05. The van der Waals surface area contributed by atoms with Crippen LogP contribution in [0, 0.1) is 0 Å². The van der Waals surface area contributed by atoms with Crippen molar-refractivity contribution in [3.8, 4) is 5.75 Å². The van der Waals surface area contributed by atoms with Crippen molar-refractivity contribution < 1.29 is 19.0 Å². The molecule has 5 heteroatoms. The fourth-order valence-electron chi connectivity index (χ4n) is 2.19. The van der Waals surface area contributed by atoms with Crippen LogP contribution < -0.4 is 4.74 Å². The van der Waals surface area contributed by atoms with Gasteiger partial charge in [-0.1, -0.05) is 34.7 Å². The Morgan fingerprint density at radius 3 is 2.64 bits per heavy atom. The van der Waals surface area contributed by atoms with Crippen molar-refractivity contribution in [2.45, 2.75) is 32.2 Å². The number of hydrogen-bond donors (Lipinski definition) is 0. The van der Waals surface area contributed by atoms with Crippen LogP contribution in [0.15, 0.2) is 46.1 Å². The largest absolute Gasteiger partial charge is 0.497 e. The smallest absolute Gasteiger partial charge is 0.334 e. The maximum absolute atomic E-state index is 11.7. The van der Waals surface area contributed by atoms with E-state index in [4.69, 9.17) is 14.2 Å². The van der Waals surface area contributed by atoms with Gasteiger partial charge in [0.2, 0.25) is 0 Å². The van der Waals surface area contributed by atoms with Crippen molar-refractivity contribution in [2.75, 3.05) is 7.11 Å². The van der Waals surface area contributed by atoms with Gasteiger partial charge in [0, 0.05) is 12.0 Å². The molecule has 1 aliphatic heterocycles. The number of cyclic esters (lactones) is 1. The third kappa shape index (κ3) is 4.84. The van der Waals surface area contributed by atoms with Crippen molar-refractivity contribution in [3.05, 3.63) is 51.6 Å². The summed E-state index contributed by atoms with van der Waals surface area (Å²) in [7, 11) is 1.64. The van der Waals surface area contributed by atoms with Gasteiger partial charge in [0.25, 0.3) is 0 Å². The average molecular weight is 414 g/mol. The molecule has 1 heterocycles. The Kier molecular flexibility index (Phi) is 6.45. The molecule has 0 N–H and O–H groups in total. The first kappa shape index (κ1) is 17.0. The first-order valence-corrected chi connectivity index (χ1v) is 8.30. The highest BCUT2D eigenvalue weighted by Crippen LogP contribution is 2.21. The molecule has 1 aromatic rings. The van der Waals surface area contributed by atoms with Crippen LogP contribution in [0.5, 0.6) is 5.75 Å². The number of carbonyl (C=O) groups excluding carboxylic acids is 1. The van der Waals surface area contributed by atoms with E-state index in [9.17, 15) is 4.79 Å². The Bertz CT molecular complexity index is 563. The fourth-order valence-corrected chi connectivity index (χ4v) is 2.65. The zero-order valence-corrected chi connectivity index (χ0v) is 14.8. The van der Waals surface area contributed by atoms with Crippen LogP contribution in [0.25, 0.3) is 0 Å². The number of rotatable bonds is 7. The molecule has 0 aliphatic carbocycles. The maximum Gasteiger partial charge on any atom is 0.334 e.